The molecule has 0 spiro atoms. The fourth-order valence-corrected chi connectivity index (χ4v) is 4.69. The normalized spacial score (nSPS) is 27.3. The summed E-state index contributed by atoms with van der Waals surface area (Å²) in [5.74, 6) is 0.813. The van der Waals surface area contributed by atoms with Crippen molar-refractivity contribution in [3.8, 4) is 0 Å². The van der Waals surface area contributed by atoms with Crippen molar-refractivity contribution < 1.29 is 9.63 Å². The number of hydroxylamine groups is 2. The third-order valence-electron chi connectivity index (χ3n) is 5.25. The van der Waals surface area contributed by atoms with Crippen molar-refractivity contribution in [2.45, 2.75) is 45.6 Å². The summed E-state index contributed by atoms with van der Waals surface area (Å²) >= 11 is 2.26. The second-order valence-corrected chi connectivity index (χ2v) is 7.54. The molecular weight excluding hydrogens is 401 g/mol. The van der Waals surface area contributed by atoms with Crippen molar-refractivity contribution in [2.24, 2.45) is 11.3 Å². The van der Waals surface area contributed by atoms with Crippen LogP contribution in [0.15, 0.2) is 40.0 Å². The van der Waals surface area contributed by atoms with Gasteiger partial charge in [-0.2, -0.15) is 0 Å². The van der Waals surface area contributed by atoms with Gasteiger partial charge in [0.05, 0.1) is 12.0 Å². The Bertz CT molecular complexity index is 580. The van der Waals surface area contributed by atoms with Gasteiger partial charge in [-0.25, -0.2) is 5.06 Å². The molecule has 1 amide bonds. The molecule has 1 saturated carbocycles. The van der Waals surface area contributed by atoms with Crippen LogP contribution in [0.1, 0.15) is 44.6 Å². The topological polar surface area (TPSA) is 29.5 Å². The zero-order valence-corrected chi connectivity index (χ0v) is 15.8. The van der Waals surface area contributed by atoms with Gasteiger partial charge < -0.3 is 0 Å². The Morgan fingerprint density at radius 3 is 2.65 bits per heavy atom. The molecule has 1 aliphatic carbocycles. The highest BCUT2D eigenvalue weighted by Gasteiger charge is 2.48. The Kier molecular flexibility index (Phi) is 5.42. The van der Waals surface area contributed by atoms with Gasteiger partial charge in [0.25, 0.3) is 5.91 Å². The van der Waals surface area contributed by atoms with Crippen LogP contribution in [0.2, 0.25) is 0 Å². The summed E-state index contributed by atoms with van der Waals surface area (Å²) in [6, 6.07) is 10.0. The summed E-state index contributed by atoms with van der Waals surface area (Å²) in [6.45, 7) is 3.14. The second-order valence-electron chi connectivity index (χ2n) is 6.92. The van der Waals surface area contributed by atoms with Crippen molar-refractivity contribution >= 4 is 28.5 Å². The van der Waals surface area contributed by atoms with Gasteiger partial charge in [-0.3, -0.25) is 9.63 Å². The van der Waals surface area contributed by atoms with Crippen LogP contribution in [-0.4, -0.2) is 17.5 Å². The predicted octanol–water partition coefficient (Wildman–Crippen LogP) is 4.87. The highest BCUT2D eigenvalue weighted by Crippen LogP contribution is 2.45. The van der Waals surface area contributed by atoms with E-state index < -0.39 is 0 Å². The minimum absolute atomic E-state index is 0.128. The van der Waals surface area contributed by atoms with E-state index in [1.54, 1.807) is 5.06 Å². The number of rotatable bonds is 5. The molecule has 0 aromatic heterocycles. The van der Waals surface area contributed by atoms with Gasteiger partial charge in [0, 0.05) is 0 Å². The maximum absolute atomic E-state index is 13.0. The van der Waals surface area contributed by atoms with Crippen LogP contribution < -0.4 is 0 Å². The van der Waals surface area contributed by atoms with Crippen LogP contribution >= 0.6 is 22.6 Å². The minimum atomic E-state index is -0.382. The van der Waals surface area contributed by atoms with Crippen LogP contribution in [0.5, 0.6) is 0 Å². The molecule has 1 aromatic carbocycles. The fraction of sp³-hybridized carbons (Fsp3) is 0.526. The molecule has 2 fully saturated rings. The number of carbonyl (C=O) groups is 1. The molecule has 4 heteroatoms. The highest BCUT2D eigenvalue weighted by atomic mass is 127. The summed E-state index contributed by atoms with van der Waals surface area (Å²) in [5.41, 5.74) is 1.90. The first-order valence-electron chi connectivity index (χ1n) is 8.42. The molecule has 23 heavy (non-hydrogen) atoms. The number of nitrogens with zero attached hydrogens (tertiary/aromatic N) is 1. The van der Waals surface area contributed by atoms with Crippen molar-refractivity contribution in [2.75, 3.05) is 6.54 Å². The zero-order valence-electron chi connectivity index (χ0n) is 13.6. The summed E-state index contributed by atoms with van der Waals surface area (Å²) in [7, 11) is 0. The molecule has 3 rings (SSSR count). The molecule has 0 radical (unpaired) electrons. The Morgan fingerprint density at radius 1 is 1.30 bits per heavy atom. The molecule has 1 atom stereocenters. The lowest BCUT2D eigenvalue weighted by molar-refractivity contribution is -0.187. The van der Waals surface area contributed by atoms with Crippen LogP contribution in [-0.2, 0) is 16.2 Å². The van der Waals surface area contributed by atoms with Gasteiger partial charge >= 0.3 is 0 Å². The molecule has 1 saturated heterocycles. The van der Waals surface area contributed by atoms with Crippen molar-refractivity contribution in [3.63, 3.8) is 0 Å². The van der Waals surface area contributed by atoms with Gasteiger partial charge in [0.2, 0.25) is 0 Å². The number of carbonyl (C=O) groups excluding carboxylic acids is 1. The van der Waals surface area contributed by atoms with Gasteiger partial charge in [-0.15, -0.1) is 0 Å². The standard InChI is InChI=1S/C19H24INO2/c1-19(11-15-7-5-6-8-15)17(12-20)13-21(18(19)22)23-14-16-9-3-2-4-10-16/h2-4,9-10,12,15H,5-8,11,13-14H2,1H3/b17-12+. The van der Waals surface area contributed by atoms with E-state index >= 15 is 0 Å². The highest BCUT2D eigenvalue weighted by molar-refractivity contribution is 14.1. The Labute approximate surface area is 152 Å². The van der Waals surface area contributed by atoms with Crippen molar-refractivity contribution in [3.05, 3.63) is 45.6 Å². The lowest BCUT2D eigenvalue weighted by atomic mass is 9.76. The number of amides is 1. The number of halogens is 1. The van der Waals surface area contributed by atoms with Gasteiger partial charge in [-0.1, -0.05) is 78.6 Å². The molecule has 1 aromatic rings. The molecular formula is C19H24INO2. The second kappa shape index (κ2) is 7.34. The first-order valence-corrected chi connectivity index (χ1v) is 9.66. The zero-order chi connectivity index (χ0) is 16.3. The summed E-state index contributed by atoms with van der Waals surface area (Å²) < 4.78 is 2.08. The van der Waals surface area contributed by atoms with Crippen LogP contribution in [0.25, 0.3) is 0 Å². The third kappa shape index (κ3) is 3.63. The third-order valence-corrected chi connectivity index (χ3v) is 6.01. The lowest BCUT2D eigenvalue weighted by Gasteiger charge is -2.26. The van der Waals surface area contributed by atoms with E-state index in [0.29, 0.717) is 19.1 Å². The summed E-state index contributed by atoms with van der Waals surface area (Å²) in [4.78, 5) is 18.8. The quantitative estimate of drug-likeness (QED) is 0.631. The molecule has 2 aliphatic rings. The van der Waals surface area contributed by atoms with E-state index in [4.69, 9.17) is 4.84 Å². The first-order chi connectivity index (χ1) is 11.1. The summed E-state index contributed by atoms with van der Waals surface area (Å²) in [6.07, 6.45) is 6.12. The molecule has 0 bridgehead atoms. The Morgan fingerprint density at radius 2 is 2.00 bits per heavy atom. The first kappa shape index (κ1) is 17.0. The maximum atomic E-state index is 13.0. The summed E-state index contributed by atoms with van der Waals surface area (Å²) in [5, 5.41) is 1.58. The molecule has 3 nitrogen and oxygen atoms in total. The smallest absolute Gasteiger partial charge is 0.256 e. The van der Waals surface area contributed by atoms with E-state index in [1.807, 2.05) is 30.3 Å². The number of benzene rings is 1. The van der Waals surface area contributed by atoms with Gasteiger partial charge in [-0.05, 0) is 34.5 Å². The fourth-order valence-electron chi connectivity index (χ4n) is 3.81. The Balaban J connectivity index is 1.68. The maximum Gasteiger partial charge on any atom is 0.256 e. The average Bonchev–Trinajstić information content (AvgIpc) is 3.15. The molecule has 124 valence electrons. The predicted molar refractivity (Wildman–Crippen MR) is 99.7 cm³/mol. The number of hydrogen-bond donors (Lipinski definition) is 0. The average molecular weight is 425 g/mol. The van der Waals surface area contributed by atoms with Crippen LogP contribution in [0, 0.1) is 11.3 Å². The van der Waals surface area contributed by atoms with Crippen LogP contribution in [0.3, 0.4) is 0 Å². The molecule has 0 N–H and O–H groups in total. The van der Waals surface area contributed by atoms with E-state index in [-0.39, 0.29) is 11.3 Å². The van der Waals surface area contributed by atoms with Crippen molar-refractivity contribution in [1.82, 2.24) is 5.06 Å². The SMILES string of the molecule is CC1(CC2CCCC2)C(=O)N(OCc2ccccc2)C/C1=C\I. The minimum Gasteiger partial charge on any atom is -0.272 e. The van der Waals surface area contributed by atoms with E-state index in [9.17, 15) is 4.79 Å². The molecule has 1 heterocycles. The molecule has 1 aliphatic heterocycles. The van der Waals surface area contributed by atoms with E-state index in [0.717, 1.165) is 12.0 Å². The van der Waals surface area contributed by atoms with Gasteiger partial charge in [0.1, 0.15) is 6.61 Å². The Hall–Kier alpha value is -0.880. The lowest BCUT2D eigenvalue weighted by Crippen LogP contribution is -2.34. The van der Waals surface area contributed by atoms with Crippen LogP contribution in [0.4, 0.5) is 0 Å². The number of hydrogen-bond acceptors (Lipinski definition) is 2. The van der Waals surface area contributed by atoms with Gasteiger partial charge in [0.15, 0.2) is 0 Å². The van der Waals surface area contributed by atoms with Crippen molar-refractivity contribution in [1.29, 1.82) is 0 Å². The van der Waals surface area contributed by atoms with E-state index in [2.05, 4.69) is 33.6 Å². The van der Waals surface area contributed by atoms with E-state index in [1.165, 1.54) is 31.3 Å². The largest absolute Gasteiger partial charge is 0.272 e. The molecule has 1 unspecified atom stereocenters. The monoisotopic (exact) mass is 425 g/mol.